The number of hydrogen-bond donors (Lipinski definition) is 1. The molecule has 0 bridgehead atoms. The third-order valence-corrected chi connectivity index (χ3v) is 6.46. The molecule has 1 aromatic heterocycles. The summed E-state index contributed by atoms with van der Waals surface area (Å²) in [5.74, 6) is 1.18. The van der Waals surface area contributed by atoms with E-state index in [1.54, 1.807) is 6.08 Å². The summed E-state index contributed by atoms with van der Waals surface area (Å²) in [5.41, 5.74) is 2.81. The van der Waals surface area contributed by atoms with E-state index in [1.165, 1.54) is 17.4 Å². The molecule has 0 unspecified atom stereocenters. The van der Waals surface area contributed by atoms with E-state index >= 15 is 0 Å². The number of anilines is 1. The maximum absolute atomic E-state index is 12.5. The van der Waals surface area contributed by atoms with Crippen molar-refractivity contribution in [1.29, 1.82) is 0 Å². The number of aromatic nitrogens is 1. The van der Waals surface area contributed by atoms with Crippen LogP contribution in [0.1, 0.15) is 44.1 Å². The standard InChI is InChI=1S/C26H29BrN2O3S/c1-4-7-16-32-21-14-8-18(17-22(21)31-6-3)9-15-24(30)28-26-29-25(23(5-2)33-26)19-10-12-20(27)13-11-19/h8-15,17H,4-7,16H2,1-3H3,(H,28,29,30)/b15-9+. The van der Waals surface area contributed by atoms with Gasteiger partial charge in [0.15, 0.2) is 16.6 Å². The molecule has 0 aliphatic rings. The van der Waals surface area contributed by atoms with E-state index in [2.05, 4.69) is 40.1 Å². The fraction of sp³-hybridized carbons (Fsp3) is 0.308. The Morgan fingerprint density at radius 2 is 1.88 bits per heavy atom. The average Bonchev–Trinajstić information content (AvgIpc) is 3.22. The second-order valence-electron chi connectivity index (χ2n) is 7.32. The van der Waals surface area contributed by atoms with Crippen molar-refractivity contribution in [3.05, 3.63) is 63.5 Å². The van der Waals surface area contributed by atoms with E-state index in [0.29, 0.717) is 24.1 Å². The number of thiazole rings is 1. The summed E-state index contributed by atoms with van der Waals surface area (Å²) < 4.78 is 12.6. The smallest absolute Gasteiger partial charge is 0.250 e. The summed E-state index contributed by atoms with van der Waals surface area (Å²) in [6.07, 6.45) is 6.19. The molecule has 5 nitrogen and oxygen atoms in total. The van der Waals surface area contributed by atoms with Crippen LogP contribution in [-0.2, 0) is 11.2 Å². The molecule has 0 spiro atoms. The van der Waals surface area contributed by atoms with Crippen LogP contribution in [0, 0.1) is 0 Å². The summed E-state index contributed by atoms with van der Waals surface area (Å²) in [4.78, 5) is 18.3. The number of ether oxygens (including phenoxy) is 2. The first kappa shape index (κ1) is 25.0. The lowest BCUT2D eigenvalue weighted by atomic mass is 10.1. The van der Waals surface area contributed by atoms with Crippen molar-refractivity contribution in [1.82, 2.24) is 4.98 Å². The highest BCUT2D eigenvalue weighted by Crippen LogP contribution is 2.32. The number of nitrogens with zero attached hydrogens (tertiary/aromatic N) is 1. The molecule has 0 fully saturated rings. The molecule has 0 saturated heterocycles. The van der Waals surface area contributed by atoms with Crippen LogP contribution in [-0.4, -0.2) is 24.1 Å². The van der Waals surface area contributed by atoms with Gasteiger partial charge in [-0.15, -0.1) is 11.3 Å². The Morgan fingerprint density at radius 1 is 1.09 bits per heavy atom. The fourth-order valence-electron chi connectivity index (χ4n) is 3.14. The molecule has 1 N–H and O–H groups in total. The lowest BCUT2D eigenvalue weighted by Gasteiger charge is -2.12. The van der Waals surface area contributed by atoms with Gasteiger partial charge in [-0.2, -0.15) is 0 Å². The van der Waals surface area contributed by atoms with Gasteiger partial charge in [0, 0.05) is 21.0 Å². The van der Waals surface area contributed by atoms with E-state index in [9.17, 15) is 4.79 Å². The van der Waals surface area contributed by atoms with Crippen LogP contribution in [0.25, 0.3) is 17.3 Å². The van der Waals surface area contributed by atoms with Crippen molar-refractivity contribution >= 4 is 44.4 Å². The summed E-state index contributed by atoms with van der Waals surface area (Å²) in [6, 6.07) is 13.7. The van der Waals surface area contributed by atoms with Gasteiger partial charge in [0.25, 0.3) is 0 Å². The predicted octanol–water partition coefficient (Wildman–Crippen LogP) is 7.36. The highest BCUT2D eigenvalue weighted by Gasteiger charge is 2.13. The number of benzene rings is 2. The third-order valence-electron chi connectivity index (χ3n) is 4.82. The van der Waals surface area contributed by atoms with Gasteiger partial charge < -0.3 is 9.47 Å². The molecule has 174 valence electrons. The van der Waals surface area contributed by atoms with E-state index in [0.717, 1.165) is 51.2 Å². The van der Waals surface area contributed by atoms with Gasteiger partial charge in [-0.25, -0.2) is 4.98 Å². The number of carbonyl (C=O) groups is 1. The maximum Gasteiger partial charge on any atom is 0.250 e. The van der Waals surface area contributed by atoms with Gasteiger partial charge in [0.2, 0.25) is 5.91 Å². The van der Waals surface area contributed by atoms with Crippen molar-refractivity contribution < 1.29 is 14.3 Å². The number of nitrogens with one attached hydrogen (secondary N) is 1. The second-order valence-corrected chi connectivity index (χ2v) is 9.31. The van der Waals surface area contributed by atoms with Gasteiger partial charge >= 0.3 is 0 Å². The first-order valence-corrected chi connectivity index (χ1v) is 12.8. The van der Waals surface area contributed by atoms with Gasteiger partial charge in [0.1, 0.15) is 0 Å². The van der Waals surface area contributed by atoms with Crippen molar-refractivity contribution in [3.8, 4) is 22.8 Å². The zero-order valence-electron chi connectivity index (χ0n) is 19.2. The fourth-order valence-corrected chi connectivity index (χ4v) is 4.33. The minimum absolute atomic E-state index is 0.227. The zero-order chi connectivity index (χ0) is 23.6. The summed E-state index contributed by atoms with van der Waals surface area (Å²) in [5, 5.41) is 3.48. The summed E-state index contributed by atoms with van der Waals surface area (Å²) in [6.45, 7) is 7.36. The number of carbonyl (C=O) groups excluding carboxylic acids is 1. The number of amides is 1. The minimum atomic E-state index is -0.227. The van der Waals surface area contributed by atoms with Gasteiger partial charge in [-0.1, -0.05) is 54.4 Å². The quantitative estimate of drug-likeness (QED) is 0.208. The average molecular weight is 530 g/mol. The molecule has 0 saturated carbocycles. The predicted molar refractivity (Wildman–Crippen MR) is 140 cm³/mol. The number of rotatable bonds is 11. The number of aryl methyl sites for hydroxylation is 1. The Hall–Kier alpha value is -2.64. The van der Waals surface area contributed by atoms with E-state index in [1.807, 2.05) is 49.4 Å². The van der Waals surface area contributed by atoms with Crippen molar-refractivity contribution in [2.45, 2.75) is 40.0 Å². The van der Waals surface area contributed by atoms with Crippen LogP contribution in [0.15, 0.2) is 53.0 Å². The molecule has 0 aliphatic heterocycles. The lowest BCUT2D eigenvalue weighted by Crippen LogP contribution is -2.07. The molecule has 3 rings (SSSR count). The van der Waals surface area contributed by atoms with E-state index in [-0.39, 0.29) is 5.91 Å². The zero-order valence-corrected chi connectivity index (χ0v) is 21.6. The van der Waals surface area contributed by atoms with Crippen LogP contribution in [0.3, 0.4) is 0 Å². The monoisotopic (exact) mass is 528 g/mol. The highest BCUT2D eigenvalue weighted by molar-refractivity contribution is 9.10. The minimum Gasteiger partial charge on any atom is -0.490 e. The second kappa shape index (κ2) is 12.6. The molecule has 2 aromatic carbocycles. The number of hydrogen-bond acceptors (Lipinski definition) is 5. The van der Waals surface area contributed by atoms with E-state index in [4.69, 9.17) is 9.47 Å². The van der Waals surface area contributed by atoms with Crippen LogP contribution in [0.4, 0.5) is 5.13 Å². The number of unbranched alkanes of at least 4 members (excludes halogenated alkanes) is 1. The Kier molecular flexibility index (Phi) is 9.51. The normalized spacial score (nSPS) is 11.0. The maximum atomic E-state index is 12.5. The molecular formula is C26H29BrN2O3S. The van der Waals surface area contributed by atoms with Gasteiger partial charge in [-0.05, 0) is 55.7 Å². The largest absolute Gasteiger partial charge is 0.490 e. The Balaban J connectivity index is 1.69. The Labute approximate surface area is 208 Å². The van der Waals surface area contributed by atoms with Crippen LogP contribution in [0.2, 0.25) is 0 Å². The highest BCUT2D eigenvalue weighted by atomic mass is 79.9. The third kappa shape index (κ3) is 7.17. The SMILES string of the molecule is CCCCOc1ccc(/C=C/C(=O)Nc2nc(-c3ccc(Br)cc3)c(CC)s2)cc1OCC. The molecule has 1 amide bonds. The molecule has 7 heteroatoms. The van der Waals surface area contributed by atoms with Crippen LogP contribution < -0.4 is 14.8 Å². The molecule has 1 heterocycles. The van der Waals surface area contributed by atoms with Crippen molar-refractivity contribution in [3.63, 3.8) is 0 Å². The molecule has 33 heavy (non-hydrogen) atoms. The first-order chi connectivity index (χ1) is 16.0. The molecule has 0 aliphatic carbocycles. The summed E-state index contributed by atoms with van der Waals surface area (Å²) >= 11 is 4.97. The van der Waals surface area contributed by atoms with Crippen molar-refractivity contribution in [2.24, 2.45) is 0 Å². The Bertz CT molecular complexity index is 1090. The molecular weight excluding hydrogens is 500 g/mol. The lowest BCUT2D eigenvalue weighted by molar-refractivity contribution is -0.111. The van der Waals surface area contributed by atoms with Gasteiger partial charge in [0.05, 0.1) is 18.9 Å². The molecule has 3 aromatic rings. The topological polar surface area (TPSA) is 60.5 Å². The first-order valence-electron chi connectivity index (χ1n) is 11.2. The van der Waals surface area contributed by atoms with Crippen LogP contribution >= 0.6 is 27.3 Å². The Morgan fingerprint density at radius 3 is 2.58 bits per heavy atom. The molecule has 0 radical (unpaired) electrons. The van der Waals surface area contributed by atoms with Crippen LogP contribution in [0.5, 0.6) is 11.5 Å². The number of halogens is 1. The molecule has 0 atom stereocenters. The van der Waals surface area contributed by atoms with Gasteiger partial charge in [-0.3, -0.25) is 10.1 Å². The van der Waals surface area contributed by atoms with E-state index < -0.39 is 0 Å². The summed E-state index contributed by atoms with van der Waals surface area (Å²) in [7, 11) is 0. The van der Waals surface area contributed by atoms with Crippen molar-refractivity contribution in [2.75, 3.05) is 18.5 Å².